The Labute approximate surface area is 111 Å². The monoisotopic (exact) mass is 264 g/mol. The molecule has 0 aliphatic carbocycles. The maximum atomic E-state index is 11.2. The van der Waals surface area contributed by atoms with Crippen LogP contribution in [0.3, 0.4) is 0 Å². The van der Waals surface area contributed by atoms with Gasteiger partial charge in [-0.1, -0.05) is 0 Å². The van der Waals surface area contributed by atoms with Gasteiger partial charge < -0.3 is 10.2 Å². The Morgan fingerprint density at radius 1 is 1.58 bits per heavy atom. The molecule has 8 nitrogen and oxygen atoms in total. The van der Waals surface area contributed by atoms with Crippen LogP contribution in [0.15, 0.2) is 6.33 Å². The van der Waals surface area contributed by atoms with E-state index < -0.39 is 4.92 Å². The second kappa shape index (κ2) is 6.49. The molecule has 0 fully saturated rings. The molecule has 1 rings (SSSR count). The quantitative estimate of drug-likeness (QED) is 0.613. The Hall–Kier alpha value is -2.43. The van der Waals surface area contributed by atoms with Crippen molar-refractivity contribution in [1.29, 1.82) is 5.26 Å². The zero-order valence-electron chi connectivity index (χ0n) is 11.1. The van der Waals surface area contributed by atoms with Crippen LogP contribution in [0.4, 0.5) is 17.3 Å². The smallest absolute Gasteiger partial charge is 0.353 e. The van der Waals surface area contributed by atoms with Gasteiger partial charge in [0.15, 0.2) is 0 Å². The number of nitrogens with zero attached hydrogens (tertiary/aromatic N) is 5. The Balaban J connectivity index is 3.30. The average Bonchev–Trinajstić information content (AvgIpc) is 2.38. The Bertz CT molecular complexity index is 496. The van der Waals surface area contributed by atoms with Crippen LogP contribution in [0.25, 0.3) is 0 Å². The molecule has 0 saturated heterocycles. The van der Waals surface area contributed by atoms with Gasteiger partial charge in [-0.25, -0.2) is 9.97 Å². The van der Waals surface area contributed by atoms with Gasteiger partial charge in [0.1, 0.15) is 6.33 Å². The lowest BCUT2D eigenvalue weighted by Crippen LogP contribution is -2.33. The molecule has 0 spiro atoms. The van der Waals surface area contributed by atoms with Crippen LogP contribution in [0.2, 0.25) is 0 Å². The van der Waals surface area contributed by atoms with Crippen LogP contribution in [0.5, 0.6) is 0 Å². The van der Waals surface area contributed by atoms with Crippen molar-refractivity contribution in [3.63, 3.8) is 0 Å². The maximum absolute atomic E-state index is 11.2. The van der Waals surface area contributed by atoms with E-state index in [1.54, 1.807) is 11.9 Å². The predicted octanol–water partition coefficient (Wildman–Crippen LogP) is 1.55. The predicted molar refractivity (Wildman–Crippen MR) is 70.9 cm³/mol. The summed E-state index contributed by atoms with van der Waals surface area (Å²) in [6.07, 6.45) is 1.55. The zero-order chi connectivity index (χ0) is 14.4. The molecule has 0 aliphatic heterocycles. The molecule has 102 valence electrons. The Kier molecular flexibility index (Phi) is 5.00. The summed E-state index contributed by atoms with van der Waals surface area (Å²) in [6, 6.07) is 2.02. The molecule has 1 N–H and O–H groups in total. The normalized spacial score (nSPS) is 10.1. The lowest BCUT2D eigenvalue weighted by atomic mass is 10.2. The minimum atomic E-state index is -0.511. The van der Waals surface area contributed by atoms with Gasteiger partial charge in [-0.2, -0.15) is 5.26 Å². The fourth-order valence-electron chi connectivity index (χ4n) is 1.71. The second-order valence-corrected chi connectivity index (χ2v) is 4.10. The van der Waals surface area contributed by atoms with E-state index in [4.69, 9.17) is 5.26 Å². The largest absolute Gasteiger partial charge is 0.367 e. The third-order valence-electron chi connectivity index (χ3n) is 2.58. The van der Waals surface area contributed by atoms with Gasteiger partial charge in [0.2, 0.25) is 11.6 Å². The number of rotatable bonds is 6. The van der Waals surface area contributed by atoms with Gasteiger partial charge in [-0.05, 0) is 13.8 Å². The summed E-state index contributed by atoms with van der Waals surface area (Å²) in [6.45, 7) is 4.17. The van der Waals surface area contributed by atoms with E-state index in [0.717, 1.165) is 0 Å². The first-order valence-electron chi connectivity index (χ1n) is 5.83. The SMILES string of the molecule is CNc1ncnc(N(CCC#N)C(C)C)c1[N+](=O)[O-]. The van der Waals surface area contributed by atoms with Crippen LogP contribution in [0.1, 0.15) is 20.3 Å². The molecule has 1 aromatic heterocycles. The summed E-state index contributed by atoms with van der Waals surface area (Å²) in [5.41, 5.74) is -0.170. The van der Waals surface area contributed by atoms with Crippen molar-refractivity contribution < 1.29 is 4.92 Å². The summed E-state index contributed by atoms with van der Waals surface area (Å²) in [5.74, 6) is 0.396. The van der Waals surface area contributed by atoms with Gasteiger partial charge in [-0.3, -0.25) is 10.1 Å². The van der Waals surface area contributed by atoms with E-state index in [1.807, 2.05) is 19.9 Å². The maximum Gasteiger partial charge on any atom is 0.353 e. The number of nitrogens with one attached hydrogen (secondary N) is 1. The van der Waals surface area contributed by atoms with Crippen LogP contribution < -0.4 is 10.2 Å². The number of anilines is 2. The number of aromatic nitrogens is 2. The lowest BCUT2D eigenvalue weighted by Gasteiger charge is -2.26. The minimum Gasteiger partial charge on any atom is -0.367 e. The average molecular weight is 264 g/mol. The first kappa shape index (κ1) is 14.6. The highest BCUT2D eigenvalue weighted by molar-refractivity contribution is 5.70. The molecule has 1 heterocycles. The summed E-state index contributed by atoms with van der Waals surface area (Å²) in [7, 11) is 1.56. The van der Waals surface area contributed by atoms with Crippen molar-refractivity contribution in [2.75, 3.05) is 23.8 Å². The molecule has 0 aromatic carbocycles. The van der Waals surface area contributed by atoms with Gasteiger partial charge in [0.25, 0.3) is 0 Å². The van der Waals surface area contributed by atoms with Crippen LogP contribution in [0, 0.1) is 21.4 Å². The molecule has 0 atom stereocenters. The first-order chi connectivity index (χ1) is 9.02. The van der Waals surface area contributed by atoms with Crippen LogP contribution in [-0.4, -0.2) is 34.5 Å². The minimum absolute atomic E-state index is 0.00773. The number of hydrogen-bond acceptors (Lipinski definition) is 7. The van der Waals surface area contributed by atoms with Gasteiger partial charge in [0, 0.05) is 19.6 Å². The van der Waals surface area contributed by atoms with Crippen molar-refractivity contribution in [3.8, 4) is 6.07 Å². The second-order valence-electron chi connectivity index (χ2n) is 4.10. The molecular weight excluding hydrogens is 248 g/mol. The van der Waals surface area contributed by atoms with Crippen LogP contribution >= 0.6 is 0 Å². The third kappa shape index (κ3) is 3.28. The molecule has 0 bridgehead atoms. The molecule has 0 saturated carbocycles. The van der Waals surface area contributed by atoms with Crippen molar-refractivity contribution in [2.45, 2.75) is 26.3 Å². The highest BCUT2D eigenvalue weighted by Gasteiger charge is 2.27. The molecule has 19 heavy (non-hydrogen) atoms. The van der Waals surface area contributed by atoms with Crippen molar-refractivity contribution in [2.24, 2.45) is 0 Å². The highest BCUT2D eigenvalue weighted by Crippen LogP contribution is 2.32. The van der Waals surface area contributed by atoms with E-state index in [0.29, 0.717) is 6.54 Å². The van der Waals surface area contributed by atoms with Crippen molar-refractivity contribution in [1.82, 2.24) is 9.97 Å². The Morgan fingerprint density at radius 2 is 2.26 bits per heavy atom. The summed E-state index contributed by atoms with van der Waals surface area (Å²) in [5, 5.41) is 22.5. The van der Waals surface area contributed by atoms with E-state index in [1.165, 1.54) is 6.33 Å². The zero-order valence-corrected chi connectivity index (χ0v) is 11.1. The highest BCUT2D eigenvalue weighted by atomic mass is 16.6. The van der Waals surface area contributed by atoms with Crippen LogP contribution in [-0.2, 0) is 0 Å². The van der Waals surface area contributed by atoms with Crippen molar-refractivity contribution in [3.05, 3.63) is 16.4 Å². The topological polar surface area (TPSA) is 108 Å². The first-order valence-corrected chi connectivity index (χ1v) is 5.83. The number of nitriles is 1. The number of nitro groups is 1. The molecular formula is C11H16N6O2. The van der Waals surface area contributed by atoms with E-state index in [-0.39, 0.29) is 29.8 Å². The van der Waals surface area contributed by atoms with E-state index in [2.05, 4.69) is 15.3 Å². The summed E-state index contributed by atoms with van der Waals surface area (Å²) in [4.78, 5) is 20.3. The van der Waals surface area contributed by atoms with Gasteiger partial charge in [-0.15, -0.1) is 0 Å². The third-order valence-corrected chi connectivity index (χ3v) is 2.58. The van der Waals surface area contributed by atoms with Gasteiger partial charge in [0.05, 0.1) is 17.4 Å². The molecule has 0 radical (unpaired) electrons. The fourth-order valence-corrected chi connectivity index (χ4v) is 1.71. The molecule has 0 unspecified atom stereocenters. The lowest BCUT2D eigenvalue weighted by molar-refractivity contribution is -0.383. The molecule has 1 aromatic rings. The van der Waals surface area contributed by atoms with E-state index in [9.17, 15) is 10.1 Å². The molecule has 0 aliphatic rings. The standard InChI is InChI=1S/C11H16N6O2/c1-8(2)16(6-4-5-12)11-9(17(18)19)10(13-3)14-7-15-11/h7-8H,4,6H2,1-3H3,(H,13,14,15). The molecule has 0 amide bonds. The summed E-state index contributed by atoms with van der Waals surface area (Å²) >= 11 is 0. The molecule has 8 heteroatoms. The van der Waals surface area contributed by atoms with Gasteiger partial charge >= 0.3 is 5.69 Å². The van der Waals surface area contributed by atoms with E-state index >= 15 is 0 Å². The van der Waals surface area contributed by atoms with Crippen molar-refractivity contribution >= 4 is 17.3 Å². The summed E-state index contributed by atoms with van der Waals surface area (Å²) < 4.78 is 0. The number of hydrogen-bond donors (Lipinski definition) is 1. The Morgan fingerprint density at radius 3 is 2.74 bits per heavy atom. The fraction of sp³-hybridized carbons (Fsp3) is 0.545.